The molecule has 0 saturated carbocycles. The number of nitriles is 1. The van der Waals surface area contributed by atoms with Crippen LogP contribution in [0.3, 0.4) is 0 Å². The standard InChI is InChI=1S/C13H6BrFN4O/c14-10-5-7(15)1-3-9(10)12-18-13(20-19-12)11-4-2-8(6-16)17-11/h1-5,17H. The molecule has 98 valence electrons. The van der Waals surface area contributed by atoms with E-state index in [9.17, 15) is 4.39 Å². The Balaban J connectivity index is 2.00. The quantitative estimate of drug-likeness (QED) is 0.778. The summed E-state index contributed by atoms with van der Waals surface area (Å²) in [6.07, 6.45) is 0. The van der Waals surface area contributed by atoms with E-state index in [2.05, 4.69) is 31.1 Å². The Kier molecular flexibility index (Phi) is 3.08. The van der Waals surface area contributed by atoms with E-state index in [4.69, 9.17) is 9.78 Å². The lowest BCUT2D eigenvalue weighted by Crippen LogP contribution is -1.85. The van der Waals surface area contributed by atoms with Gasteiger partial charge in [0.2, 0.25) is 5.82 Å². The second kappa shape index (κ2) is 4.90. The summed E-state index contributed by atoms with van der Waals surface area (Å²) in [6.45, 7) is 0. The monoisotopic (exact) mass is 332 g/mol. The van der Waals surface area contributed by atoms with Crippen molar-refractivity contribution in [2.75, 3.05) is 0 Å². The molecule has 0 aliphatic rings. The molecule has 7 heteroatoms. The molecule has 0 fully saturated rings. The predicted octanol–water partition coefficient (Wildman–Crippen LogP) is 3.50. The highest BCUT2D eigenvalue weighted by atomic mass is 79.9. The van der Waals surface area contributed by atoms with Gasteiger partial charge in [-0.05, 0) is 46.3 Å². The third-order valence-electron chi connectivity index (χ3n) is 2.63. The molecule has 0 atom stereocenters. The van der Waals surface area contributed by atoms with E-state index in [-0.39, 0.29) is 11.7 Å². The average Bonchev–Trinajstić information content (AvgIpc) is 3.07. The van der Waals surface area contributed by atoms with E-state index in [1.54, 1.807) is 18.2 Å². The number of nitrogens with one attached hydrogen (secondary N) is 1. The molecule has 0 radical (unpaired) electrons. The number of benzene rings is 1. The first-order chi connectivity index (χ1) is 9.67. The van der Waals surface area contributed by atoms with E-state index >= 15 is 0 Å². The van der Waals surface area contributed by atoms with Crippen LogP contribution in [0.5, 0.6) is 0 Å². The average molecular weight is 333 g/mol. The van der Waals surface area contributed by atoms with Crippen LogP contribution < -0.4 is 0 Å². The van der Waals surface area contributed by atoms with Crippen molar-refractivity contribution in [3.63, 3.8) is 0 Å². The maximum absolute atomic E-state index is 13.0. The van der Waals surface area contributed by atoms with Gasteiger partial charge in [0.15, 0.2) is 0 Å². The first-order valence-electron chi connectivity index (χ1n) is 5.56. The molecular weight excluding hydrogens is 327 g/mol. The van der Waals surface area contributed by atoms with Gasteiger partial charge in [0.05, 0.1) is 0 Å². The minimum atomic E-state index is -0.354. The fourth-order valence-corrected chi connectivity index (χ4v) is 2.23. The van der Waals surface area contributed by atoms with Crippen LogP contribution in [0.1, 0.15) is 5.69 Å². The van der Waals surface area contributed by atoms with Crippen molar-refractivity contribution in [3.8, 4) is 29.0 Å². The maximum atomic E-state index is 13.0. The minimum absolute atomic E-state index is 0.262. The van der Waals surface area contributed by atoms with Crippen LogP contribution in [-0.2, 0) is 0 Å². The number of aromatic nitrogens is 3. The van der Waals surface area contributed by atoms with Gasteiger partial charge >= 0.3 is 0 Å². The zero-order valence-corrected chi connectivity index (χ0v) is 11.5. The summed E-state index contributed by atoms with van der Waals surface area (Å²) in [5.74, 6) is 0.241. The van der Waals surface area contributed by atoms with Crippen molar-refractivity contribution in [2.45, 2.75) is 0 Å². The molecule has 0 aliphatic carbocycles. The Bertz CT molecular complexity index is 818. The lowest BCUT2D eigenvalue weighted by atomic mass is 10.2. The Morgan fingerprint density at radius 1 is 1.30 bits per heavy atom. The molecule has 2 aromatic heterocycles. The molecular formula is C13H6BrFN4O. The highest BCUT2D eigenvalue weighted by Crippen LogP contribution is 2.28. The number of hydrogen-bond donors (Lipinski definition) is 1. The van der Waals surface area contributed by atoms with Crippen molar-refractivity contribution in [1.29, 1.82) is 5.26 Å². The molecule has 0 amide bonds. The zero-order valence-electron chi connectivity index (χ0n) is 9.89. The molecule has 20 heavy (non-hydrogen) atoms. The van der Waals surface area contributed by atoms with E-state index < -0.39 is 0 Å². The third-order valence-corrected chi connectivity index (χ3v) is 3.29. The van der Waals surface area contributed by atoms with Crippen LogP contribution in [0.4, 0.5) is 4.39 Å². The Morgan fingerprint density at radius 2 is 2.15 bits per heavy atom. The van der Waals surface area contributed by atoms with E-state index in [0.717, 1.165) is 0 Å². The Morgan fingerprint density at radius 3 is 2.85 bits per heavy atom. The number of aromatic amines is 1. The highest BCUT2D eigenvalue weighted by molar-refractivity contribution is 9.10. The lowest BCUT2D eigenvalue weighted by Gasteiger charge is -1.97. The molecule has 0 saturated heterocycles. The molecule has 0 aliphatic heterocycles. The van der Waals surface area contributed by atoms with Gasteiger partial charge in [0.25, 0.3) is 5.89 Å². The largest absolute Gasteiger partial charge is 0.342 e. The van der Waals surface area contributed by atoms with Gasteiger partial charge < -0.3 is 9.51 Å². The van der Waals surface area contributed by atoms with Crippen LogP contribution in [-0.4, -0.2) is 15.1 Å². The summed E-state index contributed by atoms with van der Waals surface area (Å²) in [4.78, 5) is 7.06. The highest BCUT2D eigenvalue weighted by Gasteiger charge is 2.14. The Labute approximate surface area is 121 Å². The molecule has 3 rings (SSSR count). The molecule has 0 spiro atoms. The summed E-state index contributed by atoms with van der Waals surface area (Å²) >= 11 is 3.25. The number of halogens is 2. The van der Waals surface area contributed by atoms with Crippen molar-refractivity contribution < 1.29 is 8.91 Å². The molecule has 5 nitrogen and oxygen atoms in total. The minimum Gasteiger partial charge on any atom is -0.342 e. The molecule has 2 heterocycles. The number of rotatable bonds is 2. The normalized spacial score (nSPS) is 10.4. The summed E-state index contributed by atoms with van der Waals surface area (Å²) < 4.78 is 18.7. The number of nitrogens with zero attached hydrogens (tertiary/aromatic N) is 3. The van der Waals surface area contributed by atoms with Gasteiger partial charge in [0.1, 0.15) is 23.3 Å². The van der Waals surface area contributed by atoms with Gasteiger partial charge in [-0.1, -0.05) is 5.16 Å². The smallest absolute Gasteiger partial charge is 0.274 e. The summed E-state index contributed by atoms with van der Waals surface area (Å²) in [7, 11) is 0. The molecule has 0 unspecified atom stereocenters. The Hall–Kier alpha value is -2.46. The van der Waals surface area contributed by atoms with Crippen LogP contribution in [0.25, 0.3) is 23.0 Å². The van der Waals surface area contributed by atoms with Gasteiger partial charge in [-0.2, -0.15) is 10.2 Å². The topological polar surface area (TPSA) is 78.5 Å². The van der Waals surface area contributed by atoms with E-state index in [0.29, 0.717) is 27.2 Å². The summed E-state index contributed by atoms with van der Waals surface area (Å²) in [6, 6.07) is 9.47. The molecule has 3 aromatic rings. The van der Waals surface area contributed by atoms with Gasteiger partial charge in [0, 0.05) is 10.0 Å². The summed E-state index contributed by atoms with van der Waals surface area (Å²) in [5.41, 5.74) is 1.58. The van der Waals surface area contributed by atoms with Crippen LogP contribution in [0, 0.1) is 17.1 Å². The van der Waals surface area contributed by atoms with Gasteiger partial charge in [-0.3, -0.25) is 0 Å². The van der Waals surface area contributed by atoms with Gasteiger partial charge in [-0.25, -0.2) is 4.39 Å². The second-order valence-electron chi connectivity index (χ2n) is 3.94. The van der Waals surface area contributed by atoms with E-state index in [1.165, 1.54) is 12.1 Å². The molecule has 1 N–H and O–H groups in total. The van der Waals surface area contributed by atoms with Crippen molar-refractivity contribution >= 4 is 15.9 Å². The number of hydrogen-bond acceptors (Lipinski definition) is 4. The first kappa shape index (κ1) is 12.6. The van der Waals surface area contributed by atoms with E-state index in [1.807, 2.05) is 6.07 Å². The van der Waals surface area contributed by atoms with Crippen LogP contribution in [0.2, 0.25) is 0 Å². The first-order valence-corrected chi connectivity index (χ1v) is 6.35. The van der Waals surface area contributed by atoms with Crippen LogP contribution in [0.15, 0.2) is 39.3 Å². The van der Waals surface area contributed by atoms with Crippen molar-refractivity contribution in [2.24, 2.45) is 0 Å². The second-order valence-corrected chi connectivity index (χ2v) is 4.80. The fourth-order valence-electron chi connectivity index (χ4n) is 1.70. The molecule has 1 aromatic carbocycles. The predicted molar refractivity (Wildman–Crippen MR) is 71.9 cm³/mol. The van der Waals surface area contributed by atoms with Crippen molar-refractivity contribution in [1.82, 2.24) is 15.1 Å². The maximum Gasteiger partial charge on any atom is 0.274 e. The fraction of sp³-hybridized carbons (Fsp3) is 0. The van der Waals surface area contributed by atoms with Crippen molar-refractivity contribution in [3.05, 3.63) is 46.3 Å². The zero-order chi connectivity index (χ0) is 14.1. The third kappa shape index (κ3) is 2.21. The van der Waals surface area contributed by atoms with Crippen LogP contribution >= 0.6 is 15.9 Å². The van der Waals surface area contributed by atoms with Gasteiger partial charge in [-0.15, -0.1) is 0 Å². The SMILES string of the molecule is N#Cc1ccc(-c2nc(-c3ccc(F)cc3Br)no2)[nH]1. The summed E-state index contributed by atoms with van der Waals surface area (Å²) in [5, 5.41) is 12.6. The molecule has 0 bridgehead atoms. The number of H-pyrrole nitrogens is 1. The lowest BCUT2D eigenvalue weighted by molar-refractivity contribution is 0.431.